The van der Waals surface area contributed by atoms with Gasteiger partial charge in [-0.15, -0.1) is 11.8 Å². The Hall–Kier alpha value is -0.750. The molecule has 1 aliphatic heterocycles. The summed E-state index contributed by atoms with van der Waals surface area (Å²) in [6.45, 7) is 5.09. The van der Waals surface area contributed by atoms with E-state index in [4.69, 9.17) is 4.74 Å². The summed E-state index contributed by atoms with van der Waals surface area (Å²) in [5.41, 5.74) is 0.0789. The van der Waals surface area contributed by atoms with Crippen molar-refractivity contribution in [3.8, 4) is 0 Å². The molecular weight excluding hydrogens is 288 g/mol. The molecule has 6 heteroatoms. The molecule has 1 aliphatic carbocycles. The lowest BCUT2D eigenvalue weighted by atomic mass is 9.87. The summed E-state index contributed by atoms with van der Waals surface area (Å²) in [7, 11) is 1.71. The van der Waals surface area contributed by atoms with Crippen LogP contribution >= 0.6 is 11.8 Å². The summed E-state index contributed by atoms with van der Waals surface area (Å²) < 4.78 is 4.88. The highest BCUT2D eigenvalue weighted by molar-refractivity contribution is 8.01. The first kappa shape index (κ1) is 16.6. The van der Waals surface area contributed by atoms with Crippen molar-refractivity contribution < 1.29 is 14.3 Å². The monoisotopic (exact) mass is 314 g/mol. The molecule has 0 aromatic rings. The van der Waals surface area contributed by atoms with Crippen LogP contribution in [0.2, 0.25) is 0 Å². The van der Waals surface area contributed by atoms with Crippen molar-refractivity contribution in [2.75, 3.05) is 26.0 Å². The number of nitrogens with one attached hydrogen (secondary N) is 2. The van der Waals surface area contributed by atoms with Crippen LogP contribution in [0.1, 0.15) is 39.5 Å². The molecule has 2 aliphatic rings. The first-order valence-corrected chi connectivity index (χ1v) is 8.59. The van der Waals surface area contributed by atoms with Gasteiger partial charge in [0.05, 0.1) is 11.4 Å². The van der Waals surface area contributed by atoms with Crippen molar-refractivity contribution in [2.45, 2.75) is 50.3 Å². The predicted molar refractivity (Wildman–Crippen MR) is 84.3 cm³/mol. The Kier molecular flexibility index (Phi) is 5.20. The number of rotatable bonds is 5. The molecule has 0 unspecified atom stereocenters. The number of thioether (sulfide) groups is 1. The molecule has 1 heterocycles. The average molecular weight is 314 g/mol. The van der Waals surface area contributed by atoms with E-state index in [2.05, 4.69) is 10.6 Å². The van der Waals surface area contributed by atoms with Gasteiger partial charge in [-0.05, 0) is 26.7 Å². The van der Waals surface area contributed by atoms with Crippen LogP contribution in [0.25, 0.3) is 0 Å². The van der Waals surface area contributed by atoms with E-state index >= 15 is 0 Å². The zero-order valence-electron chi connectivity index (χ0n) is 13.2. The molecule has 1 atom stereocenters. The SMILES string of the molecule is COCC1(CNC(=O)[C@H]2CSC(C)(C)C(=O)N2)CCCC1. The summed E-state index contributed by atoms with van der Waals surface area (Å²) in [4.78, 5) is 24.2. The first-order chi connectivity index (χ1) is 9.88. The first-order valence-electron chi connectivity index (χ1n) is 7.60. The van der Waals surface area contributed by atoms with Crippen molar-refractivity contribution in [2.24, 2.45) is 5.41 Å². The van der Waals surface area contributed by atoms with E-state index in [1.807, 2.05) is 13.8 Å². The summed E-state index contributed by atoms with van der Waals surface area (Å²) in [6.07, 6.45) is 4.59. The molecule has 5 nitrogen and oxygen atoms in total. The third-order valence-corrected chi connectivity index (χ3v) is 5.94. The van der Waals surface area contributed by atoms with E-state index in [-0.39, 0.29) is 17.2 Å². The molecule has 2 fully saturated rings. The zero-order valence-corrected chi connectivity index (χ0v) is 14.0. The molecule has 0 spiro atoms. The number of ether oxygens (including phenoxy) is 1. The minimum Gasteiger partial charge on any atom is -0.384 e. The highest BCUT2D eigenvalue weighted by Crippen LogP contribution is 2.37. The molecule has 0 aromatic heterocycles. The summed E-state index contributed by atoms with van der Waals surface area (Å²) in [5.74, 6) is 0.488. The Labute approximate surface area is 130 Å². The summed E-state index contributed by atoms with van der Waals surface area (Å²) in [6, 6.07) is -0.420. The van der Waals surface area contributed by atoms with Gasteiger partial charge in [-0.25, -0.2) is 0 Å². The third-order valence-electron chi connectivity index (χ3n) is 4.53. The average Bonchev–Trinajstić information content (AvgIpc) is 2.89. The largest absolute Gasteiger partial charge is 0.384 e. The molecule has 1 saturated carbocycles. The summed E-state index contributed by atoms with van der Waals surface area (Å²) in [5, 5.41) is 5.84. The van der Waals surface area contributed by atoms with Gasteiger partial charge in [-0.1, -0.05) is 12.8 Å². The van der Waals surface area contributed by atoms with Gasteiger partial charge >= 0.3 is 0 Å². The predicted octanol–water partition coefficient (Wildman–Crippen LogP) is 1.32. The smallest absolute Gasteiger partial charge is 0.243 e. The highest BCUT2D eigenvalue weighted by Gasteiger charge is 2.39. The van der Waals surface area contributed by atoms with Crippen LogP contribution in [-0.2, 0) is 14.3 Å². The van der Waals surface area contributed by atoms with Crippen LogP contribution in [0.15, 0.2) is 0 Å². The third kappa shape index (κ3) is 3.92. The minimum atomic E-state index is -0.445. The Morgan fingerprint density at radius 2 is 2.10 bits per heavy atom. The van der Waals surface area contributed by atoms with Crippen LogP contribution < -0.4 is 10.6 Å². The second kappa shape index (κ2) is 6.57. The van der Waals surface area contributed by atoms with E-state index in [1.54, 1.807) is 7.11 Å². The maximum Gasteiger partial charge on any atom is 0.243 e. The molecule has 0 aromatic carbocycles. The van der Waals surface area contributed by atoms with E-state index in [0.717, 1.165) is 12.8 Å². The van der Waals surface area contributed by atoms with Crippen molar-refractivity contribution in [1.82, 2.24) is 10.6 Å². The molecule has 2 N–H and O–H groups in total. The fraction of sp³-hybridized carbons (Fsp3) is 0.867. The van der Waals surface area contributed by atoms with E-state index in [9.17, 15) is 9.59 Å². The second-order valence-corrected chi connectivity index (χ2v) is 8.35. The number of hydrogen-bond acceptors (Lipinski definition) is 4. The topological polar surface area (TPSA) is 67.4 Å². The number of amides is 2. The number of methoxy groups -OCH3 is 1. The van der Waals surface area contributed by atoms with Crippen LogP contribution in [0, 0.1) is 5.41 Å². The van der Waals surface area contributed by atoms with Gasteiger partial charge < -0.3 is 15.4 Å². The van der Waals surface area contributed by atoms with E-state index in [0.29, 0.717) is 18.9 Å². The normalized spacial score (nSPS) is 27.2. The number of carbonyl (C=O) groups is 2. The lowest BCUT2D eigenvalue weighted by molar-refractivity contribution is -0.130. The van der Waals surface area contributed by atoms with Gasteiger partial charge in [0.15, 0.2) is 0 Å². The Bertz CT molecular complexity index is 406. The fourth-order valence-corrected chi connectivity index (χ4v) is 4.08. The van der Waals surface area contributed by atoms with Crippen LogP contribution in [0.3, 0.4) is 0 Å². The Morgan fingerprint density at radius 1 is 1.43 bits per heavy atom. The maximum absolute atomic E-state index is 12.3. The van der Waals surface area contributed by atoms with Gasteiger partial charge in [0.25, 0.3) is 0 Å². The Balaban J connectivity index is 1.86. The van der Waals surface area contributed by atoms with Gasteiger partial charge in [0.2, 0.25) is 11.8 Å². The maximum atomic E-state index is 12.3. The minimum absolute atomic E-state index is 0.0635. The van der Waals surface area contributed by atoms with Gasteiger partial charge in [0, 0.05) is 24.8 Å². The fourth-order valence-electron chi connectivity index (χ4n) is 3.07. The standard InChI is InChI=1S/C15H26N2O3S/c1-14(2)13(19)17-11(8-21-14)12(18)16-9-15(10-20-3)6-4-5-7-15/h11H,4-10H2,1-3H3,(H,16,18)(H,17,19)/t11-/m1/s1. The number of hydrogen-bond donors (Lipinski definition) is 2. The van der Waals surface area contributed by atoms with Gasteiger partial charge in [0.1, 0.15) is 6.04 Å². The van der Waals surface area contributed by atoms with Gasteiger partial charge in [-0.2, -0.15) is 0 Å². The molecule has 0 radical (unpaired) electrons. The van der Waals surface area contributed by atoms with Crippen LogP contribution in [0.4, 0.5) is 0 Å². The van der Waals surface area contributed by atoms with Crippen molar-refractivity contribution in [1.29, 1.82) is 0 Å². The highest BCUT2D eigenvalue weighted by atomic mass is 32.2. The molecule has 2 rings (SSSR count). The molecule has 21 heavy (non-hydrogen) atoms. The lowest BCUT2D eigenvalue weighted by Crippen LogP contribution is -2.58. The lowest BCUT2D eigenvalue weighted by Gasteiger charge is -2.34. The second-order valence-electron chi connectivity index (χ2n) is 6.71. The van der Waals surface area contributed by atoms with Crippen molar-refractivity contribution in [3.63, 3.8) is 0 Å². The molecule has 120 valence electrons. The van der Waals surface area contributed by atoms with E-state index < -0.39 is 10.8 Å². The zero-order chi connectivity index (χ0) is 15.5. The van der Waals surface area contributed by atoms with Crippen LogP contribution in [0.5, 0.6) is 0 Å². The van der Waals surface area contributed by atoms with Gasteiger partial charge in [-0.3, -0.25) is 9.59 Å². The molecule has 1 saturated heterocycles. The quantitative estimate of drug-likeness (QED) is 0.803. The Morgan fingerprint density at radius 3 is 2.67 bits per heavy atom. The molecule has 2 amide bonds. The van der Waals surface area contributed by atoms with Crippen molar-refractivity contribution >= 4 is 23.6 Å². The van der Waals surface area contributed by atoms with Crippen molar-refractivity contribution in [3.05, 3.63) is 0 Å². The molecular formula is C15H26N2O3S. The van der Waals surface area contributed by atoms with Crippen LogP contribution in [-0.4, -0.2) is 48.6 Å². The van der Waals surface area contributed by atoms with E-state index in [1.165, 1.54) is 24.6 Å². The summed E-state index contributed by atoms with van der Waals surface area (Å²) >= 11 is 1.53. The molecule has 0 bridgehead atoms. The number of carbonyl (C=O) groups excluding carboxylic acids is 2.